The second-order valence-corrected chi connectivity index (χ2v) is 4.10. The van der Waals surface area contributed by atoms with Crippen molar-refractivity contribution < 1.29 is 14.2 Å². The number of benzene rings is 2. The summed E-state index contributed by atoms with van der Waals surface area (Å²) >= 11 is 0. The van der Waals surface area contributed by atoms with Crippen molar-refractivity contribution in [3.05, 3.63) is 78.1 Å². The fourth-order valence-corrected chi connectivity index (χ4v) is 1.84. The Morgan fingerprint density at radius 1 is 1.21 bits per heavy atom. The zero-order chi connectivity index (χ0) is 13.7. The molecule has 1 N–H and O–H groups in total. The first kappa shape index (κ1) is 13.3. The van der Waals surface area contributed by atoms with Gasteiger partial charge in [0.2, 0.25) is 0 Å². The molecular weight excluding hydrogens is 243 g/mol. The fourth-order valence-electron chi connectivity index (χ4n) is 1.84. The third-order valence-corrected chi connectivity index (χ3v) is 2.73. The molecule has 0 amide bonds. The molecule has 0 saturated carbocycles. The third kappa shape index (κ3) is 3.20. The highest BCUT2D eigenvalue weighted by molar-refractivity contribution is 5.40. The molecule has 0 aliphatic carbocycles. The van der Waals surface area contributed by atoms with Crippen molar-refractivity contribution in [1.29, 1.82) is 0 Å². The average molecular weight is 258 g/mol. The van der Waals surface area contributed by atoms with E-state index in [1.54, 1.807) is 36.4 Å². The van der Waals surface area contributed by atoms with E-state index < -0.39 is 6.10 Å². The Kier molecular flexibility index (Phi) is 4.31. The van der Waals surface area contributed by atoms with E-state index in [1.165, 1.54) is 12.1 Å². The first-order valence-corrected chi connectivity index (χ1v) is 5.98. The minimum Gasteiger partial charge on any atom is -0.489 e. The summed E-state index contributed by atoms with van der Waals surface area (Å²) in [5, 5.41) is 10.3. The highest BCUT2D eigenvalue weighted by Gasteiger charge is 2.15. The zero-order valence-corrected chi connectivity index (χ0v) is 10.4. The first-order chi connectivity index (χ1) is 9.22. The van der Waals surface area contributed by atoms with Gasteiger partial charge in [0.1, 0.15) is 24.3 Å². The van der Waals surface area contributed by atoms with Gasteiger partial charge >= 0.3 is 0 Å². The second kappa shape index (κ2) is 6.16. The van der Waals surface area contributed by atoms with Crippen LogP contribution in [-0.4, -0.2) is 11.7 Å². The molecule has 2 aromatic carbocycles. The summed E-state index contributed by atoms with van der Waals surface area (Å²) in [4.78, 5) is 0. The monoisotopic (exact) mass is 258 g/mol. The minimum atomic E-state index is -0.920. The van der Waals surface area contributed by atoms with E-state index in [-0.39, 0.29) is 5.82 Å². The Morgan fingerprint density at radius 3 is 2.74 bits per heavy atom. The van der Waals surface area contributed by atoms with Crippen LogP contribution < -0.4 is 4.74 Å². The Labute approximate surface area is 111 Å². The Morgan fingerprint density at radius 2 is 2.00 bits per heavy atom. The predicted molar refractivity (Wildman–Crippen MR) is 72.6 cm³/mol. The highest BCUT2D eigenvalue weighted by Crippen LogP contribution is 2.30. The maximum atomic E-state index is 13.2. The third-order valence-electron chi connectivity index (χ3n) is 2.73. The number of ether oxygens (including phenoxy) is 1. The van der Waals surface area contributed by atoms with Crippen molar-refractivity contribution in [2.24, 2.45) is 0 Å². The molecule has 0 radical (unpaired) electrons. The lowest BCUT2D eigenvalue weighted by Gasteiger charge is -2.16. The lowest BCUT2D eigenvalue weighted by molar-refractivity contribution is 0.212. The van der Waals surface area contributed by atoms with Crippen LogP contribution in [0.2, 0.25) is 0 Å². The molecule has 2 aromatic rings. The number of hydrogen-bond acceptors (Lipinski definition) is 2. The van der Waals surface area contributed by atoms with E-state index in [0.717, 1.165) is 0 Å². The van der Waals surface area contributed by atoms with Gasteiger partial charge in [-0.15, -0.1) is 0 Å². The number of rotatable bonds is 5. The van der Waals surface area contributed by atoms with Crippen LogP contribution in [0.4, 0.5) is 4.39 Å². The van der Waals surface area contributed by atoms with Crippen LogP contribution >= 0.6 is 0 Å². The normalized spacial score (nSPS) is 11.9. The molecule has 2 nitrogen and oxygen atoms in total. The number of para-hydroxylation sites is 1. The fraction of sp³-hybridized carbons (Fsp3) is 0.125. The largest absolute Gasteiger partial charge is 0.489 e. The summed E-state index contributed by atoms with van der Waals surface area (Å²) in [5.41, 5.74) is 1.10. The summed E-state index contributed by atoms with van der Waals surface area (Å²) < 4.78 is 18.7. The van der Waals surface area contributed by atoms with Crippen LogP contribution in [0.3, 0.4) is 0 Å². The van der Waals surface area contributed by atoms with Crippen molar-refractivity contribution in [3.63, 3.8) is 0 Å². The quantitative estimate of drug-likeness (QED) is 0.832. The second-order valence-electron chi connectivity index (χ2n) is 4.10. The van der Waals surface area contributed by atoms with Crippen LogP contribution in [0.25, 0.3) is 0 Å². The summed E-state index contributed by atoms with van der Waals surface area (Å²) in [7, 11) is 0. The van der Waals surface area contributed by atoms with Crippen LogP contribution in [-0.2, 0) is 0 Å². The summed E-state index contributed by atoms with van der Waals surface area (Å²) in [5.74, 6) is 0.195. The lowest BCUT2D eigenvalue weighted by Crippen LogP contribution is -2.04. The van der Waals surface area contributed by atoms with Gasteiger partial charge in [-0.25, -0.2) is 4.39 Å². The predicted octanol–water partition coefficient (Wildman–Crippen LogP) is 3.47. The molecule has 0 fully saturated rings. The van der Waals surface area contributed by atoms with Gasteiger partial charge in [-0.3, -0.25) is 0 Å². The van der Waals surface area contributed by atoms with Gasteiger partial charge < -0.3 is 9.84 Å². The van der Waals surface area contributed by atoms with Crippen LogP contribution in [0.1, 0.15) is 17.2 Å². The molecular formula is C16H15FO2. The molecule has 0 aromatic heterocycles. The molecule has 0 bridgehead atoms. The van der Waals surface area contributed by atoms with Crippen molar-refractivity contribution in [2.75, 3.05) is 6.61 Å². The van der Waals surface area contributed by atoms with E-state index in [4.69, 9.17) is 4.74 Å². The van der Waals surface area contributed by atoms with Crippen LogP contribution in [0.15, 0.2) is 61.2 Å². The van der Waals surface area contributed by atoms with E-state index in [0.29, 0.717) is 23.5 Å². The van der Waals surface area contributed by atoms with Crippen LogP contribution in [0.5, 0.6) is 5.75 Å². The molecule has 98 valence electrons. The number of aliphatic hydroxyl groups excluding tert-OH is 1. The van der Waals surface area contributed by atoms with Crippen LogP contribution in [0, 0.1) is 5.82 Å². The Bertz CT molecular complexity index is 566. The van der Waals surface area contributed by atoms with Crippen molar-refractivity contribution in [2.45, 2.75) is 6.10 Å². The van der Waals surface area contributed by atoms with Crippen molar-refractivity contribution in [3.8, 4) is 5.75 Å². The van der Waals surface area contributed by atoms with Gasteiger partial charge in [0.05, 0.1) is 0 Å². The minimum absolute atomic E-state index is 0.354. The van der Waals surface area contributed by atoms with Gasteiger partial charge in [-0.05, 0) is 23.8 Å². The van der Waals surface area contributed by atoms with E-state index in [1.807, 2.05) is 6.07 Å². The molecule has 0 aliphatic rings. The average Bonchev–Trinajstić information content (AvgIpc) is 2.44. The molecule has 1 atom stereocenters. The number of halogens is 1. The molecule has 1 unspecified atom stereocenters. The van der Waals surface area contributed by atoms with E-state index in [9.17, 15) is 9.50 Å². The number of aliphatic hydroxyl groups is 1. The standard InChI is InChI=1S/C16H15FO2/c1-2-10-19-15-9-4-3-8-14(15)16(18)12-6-5-7-13(17)11-12/h2-9,11,16,18H,1,10H2. The summed E-state index contributed by atoms with van der Waals surface area (Å²) in [6.07, 6.45) is 0.711. The summed E-state index contributed by atoms with van der Waals surface area (Å²) in [6.45, 7) is 3.94. The summed E-state index contributed by atoms with van der Waals surface area (Å²) in [6, 6.07) is 13.1. The molecule has 3 heteroatoms. The smallest absolute Gasteiger partial charge is 0.125 e. The van der Waals surface area contributed by atoms with Gasteiger partial charge in [-0.2, -0.15) is 0 Å². The van der Waals surface area contributed by atoms with Gasteiger partial charge in [0.15, 0.2) is 0 Å². The molecule has 0 spiro atoms. The zero-order valence-electron chi connectivity index (χ0n) is 10.4. The highest BCUT2D eigenvalue weighted by atomic mass is 19.1. The molecule has 2 rings (SSSR count). The SMILES string of the molecule is C=CCOc1ccccc1C(O)c1cccc(F)c1. The Hall–Kier alpha value is -2.13. The molecule has 19 heavy (non-hydrogen) atoms. The van der Waals surface area contributed by atoms with E-state index >= 15 is 0 Å². The number of hydrogen-bond donors (Lipinski definition) is 1. The van der Waals surface area contributed by atoms with Gasteiger partial charge in [-0.1, -0.05) is 43.0 Å². The first-order valence-electron chi connectivity index (χ1n) is 5.98. The maximum absolute atomic E-state index is 13.2. The molecule has 0 saturated heterocycles. The van der Waals surface area contributed by atoms with E-state index in [2.05, 4.69) is 6.58 Å². The topological polar surface area (TPSA) is 29.5 Å². The molecule has 0 aliphatic heterocycles. The Balaban J connectivity index is 2.32. The van der Waals surface area contributed by atoms with Gasteiger partial charge in [0.25, 0.3) is 0 Å². The van der Waals surface area contributed by atoms with Crippen molar-refractivity contribution in [1.82, 2.24) is 0 Å². The van der Waals surface area contributed by atoms with Gasteiger partial charge in [0, 0.05) is 5.56 Å². The maximum Gasteiger partial charge on any atom is 0.125 e. The van der Waals surface area contributed by atoms with Crippen molar-refractivity contribution >= 4 is 0 Å². The lowest BCUT2D eigenvalue weighted by atomic mass is 10.0. The molecule has 0 heterocycles.